The first-order valence-electron chi connectivity index (χ1n) is 3.90. The largest absolute Gasteiger partial charge is 0.381 e. The van der Waals surface area contributed by atoms with Crippen molar-refractivity contribution < 1.29 is 13.2 Å². The molecule has 4 heteroatoms. The van der Waals surface area contributed by atoms with Crippen molar-refractivity contribution >= 4 is 9.84 Å². The molecule has 0 saturated carbocycles. The molecule has 2 aliphatic heterocycles. The Hall–Kier alpha value is -0.0900. The molecule has 0 bridgehead atoms. The molecule has 3 nitrogen and oxygen atoms in total. The van der Waals surface area contributed by atoms with Crippen LogP contribution in [0.1, 0.15) is 12.8 Å². The van der Waals surface area contributed by atoms with Gasteiger partial charge in [0.1, 0.15) is 0 Å². The average Bonchev–Trinajstić information content (AvgIpc) is 1.85. The van der Waals surface area contributed by atoms with Crippen LogP contribution in [0.2, 0.25) is 0 Å². The lowest BCUT2D eigenvalue weighted by Gasteiger charge is -2.43. The highest BCUT2D eigenvalue weighted by atomic mass is 32.2. The summed E-state index contributed by atoms with van der Waals surface area (Å²) in [5, 5.41) is 0. The van der Waals surface area contributed by atoms with Crippen molar-refractivity contribution in [1.29, 1.82) is 0 Å². The molecule has 1 spiro atoms. The highest BCUT2D eigenvalue weighted by Crippen LogP contribution is 2.39. The van der Waals surface area contributed by atoms with Crippen LogP contribution in [0.5, 0.6) is 0 Å². The third kappa shape index (κ3) is 1.29. The first-order valence-corrected chi connectivity index (χ1v) is 5.72. The molecule has 0 radical (unpaired) electrons. The Morgan fingerprint density at radius 2 is 2.00 bits per heavy atom. The lowest BCUT2D eigenvalue weighted by atomic mass is 9.86. The smallest absolute Gasteiger partial charge is 0.151 e. The van der Waals surface area contributed by atoms with Gasteiger partial charge >= 0.3 is 0 Å². The summed E-state index contributed by atoms with van der Waals surface area (Å²) in [6.45, 7) is 1.47. The third-order valence-corrected chi connectivity index (χ3v) is 4.56. The molecule has 0 aromatic heterocycles. The van der Waals surface area contributed by atoms with Gasteiger partial charge in [0.15, 0.2) is 9.84 Å². The maximum Gasteiger partial charge on any atom is 0.151 e. The SMILES string of the molecule is O=S1(=O)CC2(CCCOC2)C1. The van der Waals surface area contributed by atoms with Gasteiger partial charge in [-0.3, -0.25) is 0 Å². The molecule has 2 aliphatic rings. The zero-order valence-electron chi connectivity index (χ0n) is 6.38. The van der Waals surface area contributed by atoms with Gasteiger partial charge in [-0.1, -0.05) is 0 Å². The highest BCUT2D eigenvalue weighted by molar-refractivity contribution is 7.92. The van der Waals surface area contributed by atoms with Crippen LogP contribution in [0.4, 0.5) is 0 Å². The quantitative estimate of drug-likeness (QED) is 0.530. The van der Waals surface area contributed by atoms with E-state index in [1.807, 2.05) is 0 Å². The van der Waals surface area contributed by atoms with Crippen molar-refractivity contribution in [2.45, 2.75) is 12.8 Å². The molecule has 0 aromatic carbocycles. The van der Waals surface area contributed by atoms with E-state index in [0.29, 0.717) is 18.1 Å². The van der Waals surface area contributed by atoms with Gasteiger partial charge < -0.3 is 4.74 Å². The Morgan fingerprint density at radius 3 is 2.45 bits per heavy atom. The summed E-state index contributed by atoms with van der Waals surface area (Å²) in [5.74, 6) is 0.722. The van der Waals surface area contributed by atoms with Crippen LogP contribution in [-0.4, -0.2) is 33.1 Å². The summed E-state index contributed by atoms with van der Waals surface area (Å²) < 4.78 is 27.1. The second-order valence-corrected chi connectivity index (χ2v) is 5.75. The second-order valence-electron chi connectivity index (χ2n) is 3.69. The number of rotatable bonds is 0. The number of ether oxygens (including phenoxy) is 1. The highest BCUT2D eigenvalue weighted by Gasteiger charge is 2.49. The molecule has 2 saturated heterocycles. The van der Waals surface area contributed by atoms with E-state index < -0.39 is 9.84 Å². The first-order chi connectivity index (χ1) is 5.12. The molecule has 2 heterocycles. The predicted octanol–water partition coefficient (Wildman–Crippen LogP) is 0.212. The van der Waals surface area contributed by atoms with Crippen molar-refractivity contribution in [2.24, 2.45) is 5.41 Å². The Bertz CT molecular complexity index is 235. The fourth-order valence-electron chi connectivity index (χ4n) is 2.03. The van der Waals surface area contributed by atoms with Crippen molar-refractivity contribution in [3.05, 3.63) is 0 Å². The Kier molecular flexibility index (Phi) is 1.51. The second kappa shape index (κ2) is 2.20. The zero-order valence-corrected chi connectivity index (χ0v) is 7.19. The summed E-state index contributed by atoms with van der Waals surface area (Å²) in [6.07, 6.45) is 2.06. The van der Waals surface area contributed by atoms with E-state index in [4.69, 9.17) is 4.74 Å². The zero-order chi connectivity index (χ0) is 7.95. The van der Waals surface area contributed by atoms with Gasteiger partial charge in [-0.15, -0.1) is 0 Å². The Labute approximate surface area is 66.7 Å². The Morgan fingerprint density at radius 1 is 1.27 bits per heavy atom. The van der Waals surface area contributed by atoms with Crippen molar-refractivity contribution in [3.63, 3.8) is 0 Å². The molecule has 0 atom stereocenters. The summed E-state index contributed by atoms with van der Waals surface area (Å²) in [6, 6.07) is 0. The maximum atomic E-state index is 10.9. The lowest BCUT2D eigenvalue weighted by molar-refractivity contribution is 0.00862. The van der Waals surface area contributed by atoms with Gasteiger partial charge in [0.05, 0.1) is 18.1 Å². The molecule has 0 aliphatic carbocycles. The van der Waals surface area contributed by atoms with E-state index in [1.54, 1.807) is 0 Å². The van der Waals surface area contributed by atoms with E-state index in [0.717, 1.165) is 19.4 Å². The van der Waals surface area contributed by atoms with Gasteiger partial charge in [-0.2, -0.15) is 0 Å². The normalized spacial score (nSPS) is 33.1. The van der Waals surface area contributed by atoms with Gasteiger partial charge in [0.2, 0.25) is 0 Å². The molecule has 0 unspecified atom stereocenters. The van der Waals surface area contributed by atoms with Crippen molar-refractivity contribution in [1.82, 2.24) is 0 Å². The third-order valence-electron chi connectivity index (χ3n) is 2.46. The van der Waals surface area contributed by atoms with Crippen molar-refractivity contribution in [3.8, 4) is 0 Å². The van der Waals surface area contributed by atoms with Crippen LogP contribution in [0, 0.1) is 5.41 Å². The van der Waals surface area contributed by atoms with Crippen LogP contribution >= 0.6 is 0 Å². The molecular formula is C7H12O3S. The number of hydrogen-bond acceptors (Lipinski definition) is 3. The molecule has 2 fully saturated rings. The van der Waals surface area contributed by atoms with Crippen LogP contribution in [0.25, 0.3) is 0 Å². The number of hydrogen-bond donors (Lipinski definition) is 0. The van der Waals surface area contributed by atoms with E-state index in [-0.39, 0.29) is 5.41 Å². The van der Waals surface area contributed by atoms with Gasteiger partial charge in [-0.05, 0) is 12.8 Å². The Balaban J connectivity index is 2.05. The first kappa shape index (κ1) is 7.55. The molecule has 0 N–H and O–H groups in total. The van der Waals surface area contributed by atoms with Gasteiger partial charge in [0, 0.05) is 12.0 Å². The van der Waals surface area contributed by atoms with Crippen LogP contribution < -0.4 is 0 Å². The van der Waals surface area contributed by atoms with E-state index >= 15 is 0 Å². The molecule has 64 valence electrons. The lowest BCUT2D eigenvalue weighted by Crippen LogP contribution is -2.53. The van der Waals surface area contributed by atoms with Crippen LogP contribution in [0.15, 0.2) is 0 Å². The predicted molar refractivity (Wildman–Crippen MR) is 41.1 cm³/mol. The minimum atomic E-state index is -2.67. The van der Waals surface area contributed by atoms with E-state index in [9.17, 15) is 8.42 Å². The minimum absolute atomic E-state index is 0.0249. The molecule has 0 aromatic rings. The topological polar surface area (TPSA) is 43.4 Å². The monoisotopic (exact) mass is 176 g/mol. The van der Waals surface area contributed by atoms with E-state index in [1.165, 1.54) is 0 Å². The van der Waals surface area contributed by atoms with E-state index in [2.05, 4.69) is 0 Å². The standard InChI is InChI=1S/C7H12O3S/c8-11(9)5-7(6-11)2-1-3-10-4-7/h1-6H2. The number of sulfone groups is 1. The fourth-order valence-corrected chi connectivity index (χ4v) is 4.27. The maximum absolute atomic E-state index is 10.9. The van der Waals surface area contributed by atoms with Gasteiger partial charge in [0.25, 0.3) is 0 Å². The van der Waals surface area contributed by atoms with Crippen molar-refractivity contribution in [2.75, 3.05) is 24.7 Å². The summed E-state index contributed by atoms with van der Waals surface area (Å²) >= 11 is 0. The summed E-state index contributed by atoms with van der Waals surface area (Å²) in [4.78, 5) is 0. The minimum Gasteiger partial charge on any atom is -0.381 e. The molecule has 2 rings (SSSR count). The van der Waals surface area contributed by atoms with Crippen LogP contribution in [-0.2, 0) is 14.6 Å². The molecule has 0 amide bonds. The summed E-state index contributed by atoms with van der Waals surface area (Å²) in [5.41, 5.74) is 0.0249. The average molecular weight is 176 g/mol. The van der Waals surface area contributed by atoms with Gasteiger partial charge in [-0.25, -0.2) is 8.42 Å². The van der Waals surface area contributed by atoms with Crippen LogP contribution in [0.3, 0.4) is 0 Å². The summed E-state index contributed by atoms with van der Waals surface area (Å²) in [7, 11) is -2.67. The molecule has 11 heavy (non-hydrogen) atoms. The fraction of sp³-hybridized carbons (Fsp3) is 1.00. The molecular weight excluding hydrogens is 164 g/mol.